The molecule has 1 aromatic rings. The van der Waals surface area contributed by atoms with Crippen LogP contribution >= 0.6 is 11.6 Å². The molecule has 0 aliphatic heterocycles. The van der Waals surface area contributed by atoms with E-state index >= 15 is 0 Å². The van der Waals surface area contributed by atoms with E-state index in [2.05, 4.69) is 9.62 Å². The monoisotopic (exact) mass is 305 g/mol. The van der Waals surface area contributed by atoms with Gasteiger partial charge in [0.05, 0.1) is 15.6 Å². The number of nitrogens with zero attached hydrogens (tertiary/aromatic N) is 1. The molecule has 3 N–H and O–H groups in total. The predicted molar refractivity (Wildman–Crippen MR) is 78.8 cm³/mol. The van der Waals surface area contributed by atoms with Crippen molar-refractivity contribution in [2.45, 2.75) is 18.7 Å². The second kappa shape index (κ2) is 7.09. The van der Waals surface area contributed by atoms with E-state index in [-0.39, 0.29) is 9.92 Å². The maximum atomic E-state index is 12.0. The van der Waals surface area contributed by atoms with E-state index < -0.39 is 10.0 Å². The zero-order chi connectivity index (χ0) is 14.5. The summed E-state index contributed by atoms with van der Waals surface area (Å²) < 4.78 is 26.6. The van der Waals surface area contributed by atoms with Crippen LogP contribution in [0, 0.1) is 0 Å². The minimum absolute atomic E-state index is 0.131. The normalized spacial score (nSPS) is 12.0. The summed E-state index contributed by atoms with van der Waals surface area (Å²) in [4.78, 5) is 2.27. The van der Waals surface area contributed by atoms with Crippen LogP contribution in [0.25, 0.3) is 0 Å². The highest BCUT2D eigenvalue weighted by Gasteiger charge is 2.15. The molecule has 0 saturated carbocycles. The van der Waals surface area contributed by atoms with E-state index in [0.29, 0.717) is 18.8 Å². The summed E-state index contributed by atoms with van der Waals surface area (Å²) >= 11 is 5.82. The zero-order valence-corrected chi connectivity index (χ0v) is 12.8. The maximum absolute atomic E-state index is 12.0. The Balaban J connectivity index is 2.68. The van der Waals surface area contributed by atoms with Crippen molar-refractivity contribution in [3.05, 3.63) is 23.2 Å². The van der Waals surface area contributed by atoms with E-state index in [9.17, 15) is 8.42 Å². The molecular weight excluding hydrogens is 286 g/mol. The summed E-state index contributed by atoms with van der Waals surface area (Å²) in [5.74, 6) is 0. The van der Waals surface area contributed by atoms with Gasteiger partial charge in [-0.25, -0.2) is 13.1 Å². The van der Waals surface area contributed by atoms with Crippen molar-refractivity contribution in [2.24, 2.45) is 0 Å². The first kappa shape index (κ1) is 16.2. The molecule has 5 nitrogen and oxygen atoms in total. The number of sulfonamides is 1. The molecule has 0 fully saturated rings. The molecule has 1 rings (SSSR count). The van der Waals surface area contributed by atoms with Gasteiger partial charge in [0.1, 0.15) is 0 Å². The highest BCUT2D eigenvalue weighted by molar-refractivity contribution is 7.89. The first-order valence-electron chi connectivity index (χ1n) is 6.17. The van der Waals surface area contributed by atoms with Gasteiger partial charge in [-0.2, -0.15) is 0 Å². The highest BCUT2D eigenvalue weighted by atomic mass is 35.5. The van der Waals surface area contributed by atoms with Crippen LogP contribution in [0.3, 0.4) is 0 Å². The summed E-state index contributed by atoms with van der Waals surface area (Å²) in [5.41, 5.74) is 5.92. The number of benzene rings is 1. The van der Waals surface area contributed by atoms with Crippen LogP contribution < -0.4 is 10.5 Å². The number of hydrogen-bond acceptors (Lipinski definition) is 4. The summed E-state index contributed by atoms with van der Waals surface area (Å²) in [6.07, 6.45) is 0. The minimum atomic E-state index is -3.53. The van der Waals surface area contributed by atoms with Crippen LogP contribution in [0.1, 0.15) is 13.8 Å². The van der Waals surface area contributed by atoms with E-state index in [1.165, 1.54) is 18.2 Å². The Bertz CT molecular complexity index is 516. The molecule has 108 valence electrons. The van der Waals surface area contributed by atoms with E-state index in [4.69, 9.17) is 17.3 Å². The van der Waals surface area contributed by atoms with Gasteiger partial charge < -0.3 is 10.6 Å². The highest BCUT2D eigenvalue weighted by Crippen LogP contribution is 2.22. The fraction of sp³-hybridized carbons (Fsp3) is 0.500. The van der Waals surface area contributed by atoms with Crippen molar-refractivity contribution in [3.8, 4) is 0 Å². The smallest absolute Gasteiger partial charge is 0.240 e. The van der Waals surface area contributed by atoms with Gasteiger partial charge in [0.15, 0.2) is 0 Å². The summed E-state index contributed by atoms with van der Waals surface area (Å²) in [7, 11) is -3.53. The van der Waals surface area contributed by atoms with Gasteiger partial charge in [0, 0.05) is 13.1 Å². The number of nitrogens with two attached hydrogens (primary N) is 1. The van der Waals surface area contributed by atoms with E-state index in [1.54, 1.807) is 0 Å². The molecular formula is C12H20ClN3O2S. The average molecular weight is 306 g/mol. The number of anilines is 1. The maximum Gasteiger partial charge on any atom is 0.240 e. The fourth-order valence-electron chi connectivity index (χ4n) is 1.64. The van der Waals surface area contributed by atoms with Gasteiger partial charge in [-0.1, -0.05) is 25.4 Å². The topological polar surface area (TPSA) is 75.4 Å². The molecule has 0 aliphatic rings. The Morgan fingerprint density at radius 3 is 2.47 bits per heavy atom. The lowest BCUT2D eigenvalue weighted by atomic mass is 10.3. The number of nitrogens with one attached hydrogen (secondary N) is 1. The Kier molecular flexibility index (Phi) is 6.06. The molecule has 0 atom stereocenters. The first-order valence-corrected chi connectivity index (χ1v) is 8.03. The second-order valence-corrected chi connectivity index (χ2v) is 6.28. The molecule has 1 aromatic carbocycles. The molecule has 0 aliphatic carbocycles. The predicted octanol–water partition coefficient (Wildman–Crippen LogP) is 1.54. The number of nitrogen functional groups attached to an aromatic ring is 1. The van der Waals surface area contributed by atoms with Crippen molar-refractivity contribution < 1.29 is 8.42 Å². The van der Waals surface area contributed by atoms with Gasteiger partial charge in [-0.3, -0.25) is 0 Å². The first-order chi connectivity index (χ1) is 8.90. The number of hydrogen-bond donors (Lipinski definition) is 2. The summed E-state index contributed by atoms with van der Waals surface area (Å²) in [5, 5.41) is 0.242. The molecule has 0 unspecified atom stereocenters. The molecule has 0 spiro atoms. The van der Waals surface area contributed by atoms with Crippen LogP contribution in [0.5, 0.6) is 0 Å². The van der Waals surface area contributed by atoms with Crippen molar-refractivity contribution in [2.75, 3.05) is 31.9 Å². The van der Waals surface area contributed by atoms with Crippen LogP contribution in [0.4, 0.5) is 5.69 Å². The standard InChI is InChI=1S/C12H20ClN3O2S/c1-3-16(4-2)8-7-15-19(17,18)10-5-6-12(14)11(13)9-10/h5-6,9,15H,3-4,7-8,14H2,1-2H3. The average Bonchev–Trinajstić information content (AvgIpc) is 2.37. The van der Waals surface area contributed by atoms with Gasteiger partial charge >= 0.3 is 0 Å². The molecule has 19 heavy (non-hydrogen) atoms. The number of halogens is 1. The number of rotatable bonds is 7. The summed E-state index contributed by atoms with van der Waals surface area (Å²) in [6.45, 7) is 6.91. The van der Waals surface area contributed by atoms with Crippen molar-refractivity contribution in [3.63, 3.8) is 0 Å². The van der Waals surface area contributed by atoms with Gasteiger partial charge in [0.25, 0.3) is 0 Å². The molecule has 0 bridgehead atoms. The SMILES string of the molecule is CCN(CC)CCNS(=O)(=O)c1ccc(N)c(Cl)c1. The summed E-state index contributed by atoms with van der Waals surface area (Å²) in [6, 6.07) is 4.29. The number of likely N-dealkylation sites (N-methyl/N-ethyl adjacent to an activating group) is 1. The largest absolute Gasteiger partial charge is 0.398 e. The molecule has 7 heteroatoms. The van der Waals surface area contributed by atoms with Crippen molar-refractivity contribution >= 4 is 27.3 Å². The quantitative estimate of drug-likeness (QED) is 0.749. The minimum Gasteiger partial charge on any atom is -0.398 e. The van der Waals surface area contributed by atoms with Gasteiger partial charge in [-0.05, 0) is 31.3 Å². The van der Waals surface area contributed by atoms with Crippen molar-refractivity contribution in [1.82, 2.24) is 9.62 Å². The van der Waals surface area contributed by atoms with Crippen LogP contribution in [0.15, 0.2) is 23.1 Å². The molecule has 0 aromatic heterocycles. The van der Waals surface area contributed by atoms with Crippen molar-refractivity contribution in [1.29, 1.82) is 0 Å². The third kappa shape index (κ3) is 4.65. The lowest BCUT2D eigenvalue weighted by molar-refractivity contribution is 0.309. The van der Waals surface area contributed by atoms with Gasteiger partial charge in [-0.15, -0.1) is 0 Å². The Morgan fingerprint density at radius 2 is 1.95 bits per heavy atom. The third-order valence-electron chi connectivity index (χ3n) is 2.90. The Labute approximate surface area is 119 Å². The van der Waals surface area contributed by atoms with Crippen LogP contribution in [-0.4, -0.2) is 39.5 Å². The molecule has 0 amide bonds. The van der Waals surface area contributed by atoms with E-state index in [1.807, 2.05) is 13.8 Å². The third-order valence-corrected chi connectivity index (χ3v) is 4.68. The fourth-order valence-corrected chi connectivity index (χ4v) is 2.93. The van der Waals surface area contributed by atoms with Crippen LogP contribution in [0.2, 0.25) is 5.02 Å². The Morgan fingerprint density at radius 1 is 1.32 bits per heavy atom. The van der Waals surface area contributed by atoms with Crippen LogP contribution in [-0.2, 0) is 10.0 Å². The second-order valence-electron chi connectivity index (χ2n) is 4.11. The lowest BCUT2D eigenvalue weighted by Crippen LogP contribution is -2.34. The van der Waals surface area contributed by atoms with E-state index in [0.717, 1.165) is 13.1 Å². The molecule has 0 saturated heterocycles. The molecule has 0 heterocycles. The lowest BCUT2D eigenvalue weighted by Gasteiger charge is -2.18. The molecule has 0 radical (unpaired) electrons. The van der Waals surface area contributed by atoms with Gasteiger partial charge in [0.2, 0.25) is 10.0 Å². The Hall–Kier alpha value is -0.820. The zero-order valence-electron chi connectivity index (χ0n) is 11.2.